The Kier molecular flexibility index (Phi) is 4.98. The molecule has 1 aromatic heterocycles. The molecule has 3 N–H and O–H groups in total. The van der Waals surface area contributed by atoms with Crippen LogP contribution < -0.4 is 10.6 Å². The second-order valence-electron chi connectivity index (χ2n) is 6.32. The number of ketones is 1. The quantitative estimate of drug-likeness (QED) is 0.772. The first kappa shape index (κ1) is 16.9. The van der Waals surface area contributed by atoms with Crippen molar-refractivity contribution in [1.29, 1.82) is 0 Å². The Labute approximate surface area is 134 Å². The molecule has 2 amide bonds. The fraction of sp³-hybridized carbons (Fsp3) is 0.500. The molecule has 0 aliphatic heterocycles. The number of aromatic nitrogens is 1. The van der Waals surface area contributed by atoms with Crippen molar-refractivity contribution in [2.45, 2.75) is 51.5 Å². The van der Waals surface area contributed by atoms with Gasteiger partial charge in [0, 0.05) is 23.9 Å². The van der Waals surface area contributed by atoms with Crippen molar-refractivity contribution in [1.82, 2.24) is 10.3 Å². The van der Waals surface area contributed by atoms with Gasteiger partial charge >= 0.3 is 12.0 Å². The van der Waals surface area contributed by atoms with Crippen molar-refractivity contribution in [3.8, 4) is 0 Å². The van der Waals surface area contributed by atoms with Crippen molar-refractivity contribution in [3.63, 3.8) is 0 Å². The summed E-state index contributed by atoms with van der Waals surface area (Å²) in [6.07, 6.45) is 2.34. The van der Waals surface area contributed by atoms with Crippen molar-refractivity contribution < 1.29 is 19.5 Å². The van der Waals surface area contributed by atoms with Gasteiger partial charge in [-0.1, -0.05) is 0 Å². The van der Waals surface area contributed by atoms with Gasteiger partial charge in [-0.05, 0) is 45.2 Å². The largest absolute Gasteiger partial charge is 0.481 e. The molecule has 124 valence electrons. The van der Waals surface area contributed by atoms with Gasteiger partial charge in [-0.25, -0.2) is 9.78 Å². The molecule has 2 rings (SSSR count). The first-order chi connectivity index (χ1) is 10.8. The number of nitrogens with one attached hydrogen (secondary N) is 2. The van der Waals surface area contributed by atoms with E-state index in [1.54, 1.807) is 26.0 Å². The predicted octanol–water partition coefficient (Wildman–Crippen LogP) is 2.37. The number of carboxylic acids is 1. The van der Waals surface area contributed by atoms with E-state index < -0.39 is 17.5 Å². The fourth-order valence-electron chi connectivity index (χ4n) is 2.50. The van der Waals surface area contributed by atoms with Crippen molar-refractivity contribution in [2.24, 2.45) is 0 Å². The van der Waals surface area contributed by atoms with Crippen LogP contribution in [0.5, 0.6) is 0 Å². The van der Waals surface area contributed by atoms with E-state index in [1.807, 2.05) is 0 Å². The van der Waals surface area contributed by atoms with E-state index in [1.165, 1.54) is 0 Å². The zero-order valence-electron chi connectivity index (χ0n) is 13.3. The molecule has 1 aliphatic rings. The number of pyridine rings is 1. The van der Waals surface area contributed by atoms with Crippen LogP contribution in [0.2, 0.25) is 0 Å². The topological polar surface area (TPSA) is 108 Å². The summed E-state index contributed by atoms with van der Waals surface area (Å²) in [5.41, 5.74) is 0.695. The Morgan fingerprint density at radius 2 is 2.04 bits per heavy atom. The molecule has 0 aromatic carbocycles. The maximum absolute atomic E-state index is 12.0. The lowest BCUT2D eigenvalue weighted by Gasteiger charge is -2.25. The first-order valence-electron chi connectivity index (χ1n) is 7.61. The number of anilines is 1. The van der Waals surface area contributed by atoms with Gasteiger partial charge in [0.1, 0.15) is 5.82 Å². The van der Waals surface area contributed by atoms with Crippen LogP contribution >= 0.6 is 0 Å². The van der Waals surface area contributed by atoms with Crippen LogP contribution in [0.3, 0.4) is 0 Å². The van der Waals surface area contributed by atoms with Crippen LogP contribution in [0.4, 0.5) is 10.6 Å². The lowest BCUT2D eigenvalue weighted by molar-refractivity contribution is -0.137. The Balaban J connectivity index is 1.98. The number of carbonyl (C=O) groups is 3. The normalized spacial score (nSPS) is 14.1. The molecule has 0 saturated carbocycles. The second kappa shape index (κ2) is 6.76. The van der Waals surface area contributed by atoms with E-state index in [0.29, 0.717) is 29.9 Å². The lowest BCUT2D eigenvalue weighted by Crippen LogP contribution is -2.45. The fourth-order valence-corrected chi connectivity index (χ4v) is 2.50. The molecule has 7 heteroatoms. The van der Waals surface area contributed by atoms with E-state index in [-0.39, 0.29) is 12.2 Å². The summed E-state index contributed by atoms with van der Waals surface area (Å²) < 4.78 is 0. The third-order valence-electron chi connectivity index (χ3n) is 3.75. The zero-order chi connectivity index (χ0) is 17.0. The molecule has 0 spiro atoms. The SMILES string of the molecule is CC(C)(CCC(=O)O)NC(=O)Nc1ccc2c(n1)CCCC2=O. The summed E-state index contributed by atoms with van der Waals surface area (Å²) in [5.74, 6) is -0.434. The number of aliphatic carboxylic acids is 1. The molecule has 0 radical (unpaired) electrons. The van der Waals surface area contributed by atoms with Crippen molar-refractivity contribution in [3.05, 3.63) is 23.4 Å². The highest BCUT2D eigenvalue weighted by molar-refractivity contribution is 5.98. The van der Waals surface area contributed by atoms with Gasteiger partial charge in [0.05, 0.1) is 5.69 Å². The predicted molar refractivity (Wildman–Crippen MR) is 84.6 cm³/mol. The number of carboxylic acid groups (broad SMARTS) is 1. The minimum atomic E-state index is -0.902. The van der Waals surface area contributed by atoms with E-state index >= 15 is 0 Å². The summed E-state index contributed by atoms with van der Waals surface area (Å²) in [7, 11) is 0. The van der Waals surface area contributed by atoms with Crippen LogP contribution in [0.1, 0.15) is 55.6 Å². The summed E-state index contributed by atoms with van der Waals surface area (Å²) in [6.45, 7) is 3.52. The monoisotopic (exact) mass is 319 g/mol. The van der Waals surface area contributed by atoms with E-state index in [4.69, 9.17) is 5.11 Å². The smallest absolute Gasteiger partial charge is 0.320 e. The molecule has 0 atom stereocenters. The molecule has 0 fully saturated rings. The Hall–Kier alpha value is -2.44. The van der Waals surface area contributed by atoms with Gasteiger partial charge in [0.25, 0.3) is 0 Å². The standard InChI is InChI=1S/C16H21N3O4/c1-16(2,9-8-14(21)22)19-15(23)18-13-7-6-10-11(17-13)4-3-5-12(10)20/h6-7H,3-5,8-9H2,1-2H3,(H,21,22)(H2,17,18,19,23). The number of urea groups is 1. The number of hydrogen-bond acceptors (Lipinski definition) is 4. The zero-order valence-corrected chi connectivity index (χ0v) is 13.3. The molecule has 0 bridgehead atoms. The molecule has 1 aliphatic carbocycles. The molecule has 23 heavy (non-hydrogen) atoms. The third kappa shape index (κ3) is 4.77. The van der Waals surface area contributed by atoms with Gasteiger partial charge in [-0.2, -0.15) is 0 Å². The summed E-state index contributed by atoms with van der Waals surface area (Å²) in [6, 6.07) is 2.84. The average Bonchev–Trinajstić information content (AvgIpc) is 2.45. The highest BCUT2D eigenvalue weighted by Gasteiger charge is 2.22. The maximum atomic E-state index is 12.0. The molecule has 0 saturated heterocycles. The first-order valence-corrected chi connectivity index (χ1v) is 7.61. The Morgan fingerprint density at radius 1 is 1.30 bits per heavy atom. The van der Waals surface area contributed by atoms with Gasteiger partial charge < -0.3 is 10.4 Å². The average molecular weight is 319 g/mol. The number of rotatable bonds is 5. The van der Waals surface area contributed by atoms with Crippen molar-refractivity contribution in [2.75, 3.05) is 5.32 Å². The van der Waals surface area contributed by atoms with E-state index in [2.05, 4.69) is 15.6 Å². The van der Waals surface area contributed by atoms with Crippen LogP contribution in [0.15, 0.2) is 12.1 Å². The molecule has 1 heterocycles. The van der Waals surface area contributed by atoms with Crippen LogP contribution in [-0.2, 0) is 11.2 Å². The highest BCUT2D eigenvalue weighted by atomic mass is 16.4. The van der Waals surface area contributed by atoms with Crippen LogP contribution in [0, 0.1) is 0 Å². The third-order valence-corrected chi connectivity index (χ3v) is 3.75. The number of aryl methyl sites for hydroxylation is 1. The van der Waals surface area contributed by atoms with Crippen LogP contribution in [0.25, 0.3) is 0 Å². The number of amides is 2. The van der Waals surface area contributed by atoms with E-state index in [0.717, 1.165) is 12.8 Å². The number of fused-ring (bicyclic) bond motifs is 1. The van der Waals surface area contributed by atoms with Gasteiger partial charge in [0.2, 0.25) is 0 Å². The minimum Gasteiger partial charge on any atom is -0.481 e. The summed E-state index contributed by atoms with van der Waals surface area (Å²) in [4.78, 5) is 38.7. The van der Waals surface area contributed by atoms with E-state index in [9.17, 15) is 14.4 Å². The molecular formula is C16H21N3O4. The Morgan fingerprint density at radius 3 is 2.74 bits per heavy atom. The number of hydrogen-bond donors (Lipinski definition) is 3. The second-order valence-corrected chi connectivity index (χ2v) is 6.32. The van der Waals surface area contributed by atoms with Gasteiger partial charge in [-0.15, -0.1) is 0 Å². The molecular weight excluding hydrogens is 298 g/mol. The maximum Gasteiger partial charge on any atom is 0.320 e. The molecule has 7 nitrogen and oxygen atoms in total. The van der Waals surface area contributed by atoms with Gasteiger partial charge in [-0.3, -0.25) is 14.9 Å². The Bertz CT molecular complexity index is 640. The van der Waals surface area contributed by atoms with Crippen LogP contribution in [-0.4, -0.2) is 33.4 Å². The molecule has 0 unspecified atom stereocenters. The number of Topliss-reactive ketones (excluding diaryl/α,β-unsaturated/α-hetero) is 1. The van der Waals surface area contributed by atoms with Gasteiger partial charge in [0.15, 0.2) is 5.78 Å². The molecule has 1 aromatic rings. The van der Waals surface area contributed by atoms with Crippen molar-refractivity contribution >= 4 is 23.6 Å². The lowest BCUT2D eigenvalue weighted by atomic mass is 9.95. The summed E-state index contributed by atoms with van der Waals surface area (Å²) >= 11 is 0. The summed E-state index contributed by atoms with van der Waals surface area (Å²) in [5, 5.41) is 14.1. The number of carbonyl (C=O) groups excluding carboxylic acids is 2. The number of nitrogens with zero attached hydrogens (tertiary/aromatic N) is 1. The highest BCUT2D eigenvalue weighted by Crippen LogP contribution is 2.21. The minimum absolute atomic E-state index is 0.0213.